The topological polar surface area (TPSA) is 29.1 Å². The molecule has 0 radical (unpaired) electrons. The summed E-state index contributed by atoms with van der Waals surface area (Å²) in [5.74, 6) is 0.795. The average Bonchev–Trinajstić information content (AvgIpc) is 2.78. The Morgan fingerprint density at radius 1 is 1.23 bits per heavy atom. The van der Waals surface area contributed by atoms with Crippen molar-refractivity contribution in [2.24, 2.45) is 0 Å². The molecule has 2 aromatic rings. The SMILES string of the molecule is Cc1sc2c(c1C)CSC(C(=O)Nc1cccc(Cl)c1C)=C2. The summed E-state index contributed by atoms with van der Waals surface area (Å²) >= 11 is 9.45. The summed E-state index contributed by atoms with van der Waals surface area (Å²) in [6.45, 7) is 6.19. The largest absolute Gasteiger partial charge is 0.321 e. The van der Waals surface area contributed by atoms with Gasteiger partial charge in [0.2, 0.25) is 0 Å². The molecule has 114 valence electrons. The Morgan fingerprint density at radius 3 is 2.77 bits per heavy atom. The van der Waals surface area contributed by atoms with Gasteiger partial charge in [0, 0.05) is 26.2 Å². The van der Waals surface area contributed by atoms with Crippen LogP contribution in [0.4, 0.5) is 5.69 Å². The smallest absolute Gasteiger partial charge is 0.262 e. The van der Waals surface area contributed by atoms with Gasteiger partial charge in [-0.3, -0.25) is 4.79 Å². The predicted octanol–water partition coefficient (Wildman–Crippen LogP) is 5.55. The number of thiophene rings is 1. The molecule has 0 spiro atoms. The molecule has 2 nitrogen and oxygen atoms in total. The minimum atomic E-state index is -0.0651. The third kappa shape index (κ3) is 2.83. The molecule has 0 saturated heterocycles. The van der Waals surface area contributed by atoms with Crippen molar-refractivity contribution in [3.05, 3.63) is 54.6 Å². The molecule has 5 heteroatoms. The van der Waals surface area contributed by atoms with Crippen molar-refractivity contribution in [3.63, 3.8) is 0 Å². The number of thioether (sulfide) groups is 1. The Hall–Kier alpha value is -1.23. The molecule has 1 amide bonds. The maximum atomic E-state index is 12.5. The average molecular weight is 350 g/mol. The lowest BCUT2D eigenvalue weighted by molar-refractivity contribution is -0.112. The van der Waals surface area contributed by atoms with Crippen molar-refractivity contribution in [1.82, 2.24) is 0 Å². The van der Waals surface area contributed by atoms with E-state index in [1.165, 1.54) is 20.9 Å². The van der Waals surface area contributed by atoms with Gasteiger partial charge in [0.1, 0.15) is 0 Å². The lowest BCUT2D eigenvalue weighted by Crippen LogP contribution is -2.15. The predicted molar refractivity (Wildman–Crippen MR) is 97.9 cm³/mol. The zero-order chi connectivity index (χ0) is 15.9. The second kappa shape index (κ2) is 6.11. The van der Waals surface area contributed by atoms with Gasteiger partial charge >= 0.3 is 0 Å². The molecule has 1 aromatic heterocycles. The zero-order valence-electron chi connectivity index (χ0n) is 12.6. The normalized spacial score (nSPS) is 13.5. The van der Waals surface area contributed by atoms with E-state index < -0.39 is 0 Å². The van der Waals surface area contributed by atoms with Gasteiger partial charge in [-0.25, -0.2) is 0 Å². The lowest BCUT2D eigenvalue weighted by Gasteiger charge is -2.15. The van der Waals surface area contributed by atoms with Gasteiger partial charge in [0.25, 0.3) is 5.91 Å². The molecule has 1 aromatic carbocycles. The zero-order valence-corrected chi connectivity index (χ0v) is 15.0. The molecule has 0 saturated carbocycles. The van der Waals surface area contributed by atoms with E-state index in [4.69, 9.17) is 11.6 Å². The number of nitrogens with one attached hydrogen (secondary N) is 1. The number of carbonyl (C=O) groups excluding carboxylic acids is 1. The Morgan fingerprint density at radius 2 is 2.00 bits per heavy atom. The molecule has 1 aliphatic rings. The number of benzene rings is 1. The first kappa shape index (κ1) is 15.7. The van der Waals surface area contributed by atoms with Gasteiger partial charge in [-0.15, -0.1) is 23.1 Å². The molecule has 22 heavy (non-hydrogen) atoms. The van der Waals surface area contributed by atoms with Crippen LogP contribution in [0.15, 0.2) is 23.1 Å². The monoisotopic (exact) mass is 349 g/mol. The number of rotatable bonds is 2. The fourth-order valence-electron chi connectivity index (χ4n) is 2.36. The van der Waals surface area contributed by atoms with Crippen molar-refractivity contribution < 1.29 is 4.79 Å². The maximum Gasteiger partial charge on any atom is 0.262 e. The number of amides is 1. The summed E-state index contributed by atoms with van der Waals surface area (Å²) < 4.78 is 0. The molecule has 0 aliphatic carbocycles. The van der Waals surface area contributed by atoms with Crippen LogP contribution >= 0.6 is 34.7 Å². The molecule has 0 atom stereocenters. The van der Waals surface area contributed by atoms with Crippen LogP contribution in [-0.2, 0) is 10.5 Å². The molecular formula is C17H16ClNOS2. The van der Waals surface area contributed by atoms with Gasteiger partial charge < -0.3 is 5.32 Å². The maximum absolute atomic E-state index is 12.5. The van der Waals surface area contributed by atoms with Gasteiger partial charge in [-0.1, -0.05) is 17.7 Å². The molecule has 0 fully saturated rings. The summed E-state index contributed by atoms with van der Waals surface area (Å²) in [5.41, 5.74) is 4.38. The molecule has 1 aliphatic heterocycles. The van der Waals surface area contributed by atoms with Gasteiger partial charge in [-0.2, -0.15) is 0 Å². The minimum Gasteiger partial charge on any atom is -0.321 e. The van der Waals surface area contributed by atoms with Crippen LogP contribution in [0.25, 0.3) is 6.08 Å². The van der Waals surface area contributed by atoms with E-state index in [-0.39, 0.29) is 5.91 Å². The van der Waals surface area contributed by atoms with Crippen LogP contribution in [0.5, 0.6) is 0 Å². The third-order valence-corrected chi connectivity index (χ3v) is 6.57. The van der Waals surface area contributed by atoms with E-state index in [2.05, 4.69) is 19.2 Å². The Balaban J connectivity index is 1.86. The summed E-state index contributed by atoms with van der Waals surface area (Å²) in [7, 11) is 0. The van der Waals surface area contributed by atoms with E-state index in [0.29, 0.717) is 5.02 Å². The highest BCUT2D eigenvalue weighted by Crippen LogP contribution is 2.39. The Bertz CT molecular complexity index is 792. The fourth-order valence-corrected chi connectivity index (χ4v) is 4.89. The van der Waals surface area contributed by atoms with Crippen LogP contribution in [-0.4, -0.2) is 5.91 Å². The first-order valence-corrected chi connectivity index (χ1v) is 9.15. The van der Waals surface area contributed by atoms with Crippen molar-refractivity contribution in [1.29, 1.82) is 0 Å². The van der Waals surface area contributed by atoms with Crippen molar-refractivity contribution in [3.8, 4) is 0 Å². The van der Waals surface area contributed by atoms with Crippen LogP contribution in [0.1, 0.15) is 26.4 Å². The third-order valence-electron chi connectivity index (χ3n) is 3.92. The summed E-state index contributed by atoms with van der Waals surface area (Å²) in [6.07, 6.45) is 2.00. The molecule has 0 unspecified atom stereocenters. The number of carbonyl (C=O) groups is 1. The lowest BCUT2D eigenvalue weighted by atomic mass is 10.1. The molecule has 3 rings (SSSR count). The molecule has 0 bridgehead atoms. The van der Waals surface area contributed by atoms with Crippen LogP contribution in [0, 0.1) is 20.8 Å². The van der Waals surface area contributed by atoms with Gasteiger partial charge in [-0.05, 0) is 55.7 Å². The number of hydrogen-bond acceptors (Lipinski definition) is 3. The van der Waals surface area contributed by atoms with E-state index in [1.54, 1.807) is 23.1 Å². The quantitative estimate of drug-likeness (QED) is 0.769. The molecule has 1 N–H and O–H groups in total. The van der Waals surface area contributed by atoms with Crippen molar-refractivity contribution in [2.75, 3.05) is 5.32 Å². The van der Waals surface area contributed by atoms with Crippen LogP contribution < -0.4 is 5.32 Å². The van der Waals surface area contributed by atoms with Crippen LogP contribution in [0.2, 0.25) is 5.02 Å². The standard InChI is InChI=1S/C17H16ClNOS2/c1-9-11(3)22-15-7-16(21-8-12(9)15)17(20)19-14-6-4-5-13(18)10(14)2/h4-7H,8H2,1-3H3,(H,19,20). The number of anilines is 1. The highest BCUT2D eigenvalue weighted by atomic mass is 35.5. The van der Waals surface area contributed by atoms with E-state index in [9.17, 15) is 4.79 Å². The van der Waals surface area contributed by atoms with E-state index in [0.717, 1.165) is 21.9 Å². The Kier molecular flexibility index (Phi) is 4.35. The van der Waals surface area contributed by atoms with E-state index in [1.807, 2.05) is 31.2 Å². The second-order valence-corrected chi connectivity index (χ2v) is 7.97. The fraction of sp³-hybridized carbons (Fsp3) is 0.235. The number of fused-ring (bicyclic) bond motifs is 1. The first-order chi connectivity index (χ1) is 10.5. The van der Waals surface area contributed by atoms with Gasteiger partial charge in [0.05, 0.1) is 4.91 Å². The number of aryl methyl sites for hydroxylation is 1. The summed E-state index contributed by atoms with van der Waals surface area (Å²) in [5, 5.41) is 3.63. The van der Waals surface area contributed by atoms with Crippen LogP contribution in [0.3, 0.4) is 0 Å². The number of hydrogen-bond donors (Lipinski definition) is 1. The summed E-state index contributed by atoms with van der Waals surface area (Å²) in [4.78, 5) is 15.8. The molecule has 2 heterocycles. The van der Waals surface area contributed by atoms with Crippen molar-refractivity contribution in [2.45, 2.75) is 26.5 Å². The highest BCUT2D eigenvalue weighted by Gasteiger charge is 2.21. The first-order valence-electron chi connectivity index (χ1n) is 6.97. The minimum absolute atomic E-state index is 0.0651. The van der Waals surface area contributed by atoms with E-state index >= 15 is 0 Å². The Labute approximate surface area is 143 Å². The van der Waals surface area contributed by atoms with Crippen molar-refractivity contribution >= 4 is 52.4 Å². The van der Waals surface area contributed by atoms with Gasteiger partial charge in [0.15, 0.2) is 0 Å². The second-order valence-electron chi connectivity index (χ2n) is 5.29. The number of halogens is 1. The highest BCUT2D eigenvalue weighted by molar-refractivity contribution is 8.03. The molecular weight excluding hydrogens is 334 g/mol. The summed E-state index contributed by atoms with van der Waals surface area (Å²) in [6, 6.07) is 5.54.